The van der Waals surface area contributed by atoms with Crippen LogP contribution in [0.15, 0.2) is 0 Å². The number of hydrogen-bond donors (Lipinski definition) is 1. The fraction of sp³-hybridized carbons (Fsp3) is 0.143. The minimum atomic E-state index is -0.884. The molecule has 0 aromatic carbocycles. The molecule has 0 aliphatic heterocycles. The van der Waals surface area contributed by atoms with Crippen LogP contribution >= 0.6 is 23.2 Å². The highest BCUT2D eigenvalue weighted by Crippen LogP contribution is 2.32. The van der Waals surface area contributed by atoms with Crippen LogP contribution in [0.25, 0.3) is 0 Å². The molecule has 80 valence electrons. The van der Waals surface area contributed by atoms with E-state index in [9.17, 15) is 14.9 Å². The molecule has 0 saturated heterocycles. The number of aromatic nitrogens is 1. The van der Waals surface area contributed by atoms with E-state index in [0.29, 0.717) is 0 Å². The summed E-state index contributed by atoms with van der Waals surface area (Å²) >= 11 is 11.1. The summed E-state index contributed by atoms with van der Waals surface area (Å²) in [6, 6.07) is 0. The molecule has 0 aliphatic carbocycles. The van der Waals surface area contributed by atoms with Gasteiger partial charge in [0.2, 0.25) is 5.15 Å². The zero-order valence-corrected chi connectivity index (χ0v) is 8.96. The summed E-state index contributed by atoms with van der Waals surface area (Å²) in [6.45, 7) is 1.33. The largest absolute Gasteiger partial charge is 0.365 e. The Labute approximate surface area is 94.1 Å². The molecule has 0 unspecified atom stereocenters. The second-order valence-electron chi connectivity index (χ2n) is 2.66. The highest BCUT2D eigenvalue weighted by Gasteiger charge is 2.25. The predicted octanol–water partition coefficient (Wildman–Crippen LogP) is 1.70. The summed E-state index contributed by atoms with van der Waals surface area (Å²) in [6.07, 6.45) is 0. The number of primary amides is 1. The lowest BCUT2D eigenvalue weighted by molar-refractivity contribution is -0.385. The van der Waals surface area contributed by atoms with Crippen molar-refractivity contribution in [1.29, 1.82) is 0 Å². The van der Waals surface area contributed by atoms with Gasteiger partial charge in [-0.3, -0.25) is 14.9 Å². The topological polar surface area (TPSA) is 99.1 Å². The first-order valence-corrected chi connectivity index (χ1v) is 4.41. The molecule has 0 fully saturated rings. The summed E-state index contributed by atoms with van der Waals surface area (Å²) < 4.78 is 0. The summed E-state index contributed by atoms with van der Waals surface area (Å²) in [5.41, 5.74) is 4.37. The van der Waals surface area contributed by atoms with Crippen LogP contribution in [0.3, 0.4) is 0 Å². The Balaban J connectivity index is 3.64. The number of hydrogen-bond acceptors (Lipinski definition) is 4. The Morgan fingerprint density at radius 2 is 2.00 bits per heavy atom. The van der Waals surface area contributed by atoms with E-state index in [1.165, 1.54) is 6.92 Å². The maximum absolute atomic E-state index is 11.0. The van der Waals surface area contributed by atoms with Crippen molar-refractivity contribution in [3.8, 4) is 0 Å². The third kappa shape index (κ3) is 2.00. The number of pyridine rings is 1. The highest BCUT2D eigenvalue weighted by atomic mass is 35.5. The summed E-state index contributed by atoms with van der Waals surface area (Å²) in [5.74, 6) is -0.884. The van der Waals surface area contributed by atoms with Crippen LogP contribution in [-0.2, 0) is 0 Å². The monoisotopic (exact) mass is 249 g/mol. The number of carbonyl (C=O) groups is 1. The van der Waals surface area contributed by atoms with Gasteiger partial charge < -0.3 is 5.73 Å². The molecule has 15 heavy (non-hydrogen) atoms. The molecular formula is C7H5Cl2N3O3. The molecule has 1 aromatic rings. The molecule has 0 aliphatic rings. The normalized spacial score (nSPS) is 10.1. The lowest BCUT2D eigenvalue weighted by atomic mass is 10.1. The van der Waals surface area contributed by atoms with Crippen LogP contribution in [0.2, 0.25) is 10.3 Å². The molecule has 1 rings (SSSR count). The minimum Gasteiger partial charge on any atom is -0.365 e. The average molecular weight is 250 g/mol. The summed E-state index contributed by atoms with van der Waals surface area (Å²) in [5, 5.41) is 10.0. The SMILES string of the molecule is Cc1c(C(N)=O)c(Cl)nc(Cl)c1[N+](=O)[O-]. The number of nitrogens with zero attached hydrogens (tertiary/aromatic N) is 2. The third-order valence-corrected chi connectivity index (χ3v) is 2.29. The van der Waals surface area contributed by atoms with Crippen molar-refractivity contribution in [2.75, 3.05) is 0 Å². The number of carbonyl (C=O) groups excluding carboxylic acids is 1. The third-order valence-electron chi connectivity index (χ3n) is 1.76. The molecule has 6 nitrogen and oxygen atoms in total. The van der Waals surface area contributed by atoms with Crippen molar-refractivity contribution in [2.45, 2.75) is 6.92 Å². The summed E-state index contributed by atoms with van der Waals surface area (Å²) in [4.78, 5) is 24.3. The number of rotatable bonds is 2. The van der Waals surface area contributed by atoms with E-state index >= 15 is 0 Å². The second-order valence-corrected chi connectivity index (χ2v) is 3.38. The number of nitro groups is 1. The van der Waals surface area contributed by atoms with Crippen LogP contribution in [-0.4, -0.2) is 15.8 Å². The van der Waals surface area contributed by atoms with Gasteiger partial charge in [-0.25, -0.2) is 4.98 Å². The maximum Gasteiger partial charge on any atom is 0.310 e. The van der Waals surface area contributed by atoms with Gasteiger partial charge in [0.05, 0.1) is 10.5 Å². The molecule has 0 bridgehead atoms. The first-order valence-electron chi connectivity index (χ1n) is 3.66. The Bertz CT molecular complexity index is 423. The van der Waals surface area contributed by atoms with Crippen molar-refractivity contribution in [1.82, 2.24) is 4.98 Å². The van der Waals surface area contributed by atoms with Crippen molar-refractivity contribution >= 4 is 34.8 Å². The van der Waals surface area contributed by atoms with E-state index < -0.39 is 16.5 Å². The molecule has 0 saturated carbocycles. The van der Waals surface area contributed by atoms with Crippen molar-refractivity contribution < 1.29 is 9.72 Å². The number of halogens is 2. The van der Waals surface area contributed by atoms with Crippen LogP contribution in [0, 0.1) is 17.0 Å². The van der Waals surface area contributed by atoms with Gasteiger partial charge in [-0.1, -0.05) is 23.2 Å². The minimum absolute atomic E-state index is 0.0116. The lowest BCUT2D eigenvalue weighted by Crippen LogP contribution is -2.15. The smallest absolute Gasteiger partial charge is 0.310 e. The van der Waals surface area contributed by atoms with E-state index in [-0.39, 0.29) is 21.4 Å². The number of nitrogens with two attached hydrogens (primary N) is 1. The van der Waals surface area contributed by atoms with E-state index in [4.69, 9.17) is 28.9 Å². The fourth-order valence-electron chi connectivity index (χ4n) is 1.12. The molecule has 0 atom stereocenters. The van der Waals surface area contributed by atoms with E-state index in [1.54, 1.807) is 0 Å². The van der Waals surface area contributed by atoms with Gasteiger partial charge in [0.15, 0.2) is 0 Å². The maximum atomic E-state index is 11.0. The molecule has 0 radical (unpaired) electrons. The van der Waals surface area contributed by atoms with Crippen molar-refractivity contribution in [2.24, 2.45) is 5.73 Å². The molecular weight excluding hydrogens is 245 g/mol. The van der Waals surface area contributed by atoms with Gasteiger partial charge >= 0.3 is 5.69 Å². The Morgan fingerprint density at radius 1 is 1.47 bits per heavy atom. The predicted molar refractivity (Wildman–Crippen MR) is 54.2 cm³/mol. The van der Waals surface area contributed by atoms with Crippen molar-refractivity contribution in [3.63, 3.8) is 0 Å². The molecule has 2 N–H and O–H groups in total. The average Bonchev–Trinajstić information content (AvgIpc) is 1.99. The molecule has 8 heteroatoms. The van der Waals surface area contributed by atoms with Crippen LogP contribution in [0.1, 0.15) is 15.9 Å². The Kier molecular flexibility index (Phi) is 3.11. The summed E-state index contributed by atoms with van der Waals surface area (Å²) in [7, 11) is 0. The first-order chi connectivity index (χ1) is 6.86. The van der Waals surface area contributed by atoms with Crippen LogP contribution < -0.4 is 5.73 Å². The van der Waals surface area contributed by atoms with E-state index in [0.717, 1.165) is 0 Å². The van der Waals surface area contributed by atoms with Gasteiger partial charge in [-0.15, -0.1) is 0 Å². The highest BCUT2D eigenvalue weighted by molar-refractivity contribution is 6.36. The Morgan fingerprint density at radius 3 is 2.40 bits per heavy atom. The molecule has 1 heterocycles. The van der Waals surface area contributed by atoms with E-state index in [2.05, 4.69) is 4.98 Å². The zero-order valence-electron chi connectivity index (χ0n) is 7.45. The van der Waals surface area contributed by atoms with Gasteiger partial charge in [-0.05, 0) is 6.92 Å². The van der Waals surface area contributed by atoms with Gasteiger partial charge in [0.25, 0.3) is 5.91 Å². The quantitative estimate of drug-likeness (QED) is 0.490. The van der Waals surface area contributed by atoms with E-state index in [1.807, 2.05) is 0 Å². The first kappa shape index (κ1) is 11.7. The van der Waals surface area contributed by atoms with Gasteiger partial charge in [-0.2, -0.15) is 0 Å². The van der Waals surface area contributed by atoms with Crippen LogP contribution in [0.5, 0.6) is 0 Å². The fourth-order valence-corrected chi connectivity index (χ4v) is 1.78. The standard InChI is InChI=1S/C7H5Cl2N3O3/c1-2-3(7(10)13)5(8)11-6(9)4(2)12(14)15/h1H3,(H2,10,13). The molecule has 1 amide bonds. The number of amides is 1. The van der Waals surface area contributed by atoms with Gasteiger partial charge in [0.1, 0.15) is 5.15 Å². The lowest BCUT2D eigenvalue weighted by Gasteiger charge is -2.05. The van der Waals surface area contributed by atoms with Crippen LogP contribution in [0.4, 0.5) is 5.69 Å². The zero-order chi connectivity index (χ0) is 11.7. The Hall–Kier alpha value is -1.40. The molecule has 0 spiro atoms. The molecule has 1 aromatic heterocycles. The van der Waals surface area contributed by atoms with Gasteiger partial charge in [0, 0.05) is 5.56 Å². The van der Waals surface area contributed by atoms with Crippen molar-refractivity contribution in [3.05, 3.63) is 31.5 Å². The second kappa shape index (κ2) is 4.00.